The Morgan fingerprint density at radius 2 is 2.08 bits per heavy atom. The molecule has 0 unspecified atom stereocenters. The van der Waals surface area contributed by atoms with Crippen LogP contribution in [-0.4, -0.2) is 28.5 Å². The van der Waals surface area contributed by atoms with Gasteiger partial charge in [0.1, 0.15) is 4.92 Å². The van der Waals surface area contributed by atoms with Crippen LogP contribution in [0.3, 0.4) is 0 Å². The number of furan rings is 1. The molecule has 1 amide bonds. The number of rotatable bonds is 3. The number of carbonyl (C=O) groups is 2. The van der Waals surface area contributed by atoms with Gasteiger partial charge in [-0.2, -0.15) is 4.99 Å². The van der Waals surface area contributed by atoms with Gasteiger partial charge in [-0.05, 0) is 24.3 Å². The number of hydrogen-bond acceptors (Lipinski definition) is 7. The zero-order valence-electron chi connectivity index (χ0n) is 13.1. The largest absolute Gasteiger partial charge is 0.465 e. The summed E-state index contributed by atoms with van der Waals surface area (Å²) in [6.07, 6.45) is 0. The molecule has 1 aromatic carbocycles. The molecule has 0 aliphatic carbocycles. The van der Waals surface area contributed by atoms with Crippen molar-refractivity contribution in [3.8, 4) is 0 Å². The number of aryl methyl sites for hydroxylation is 1. The molecule has 0 radical (unpaired) electrons. The average Bonchev–Trinajstić information content (AvgIpc) is 3.20. The zero-order chi connectivity index (χ0) is 18.1. The van der Waals surface area contributed by atoms with Gasteiger partial charge in [0, 0.05) is 7.05 Å². The summed E-state index contributed by atoms with van der Waals surface area (Å²) < 4.78 is 11.9. The second kappa shape index (κ2) is 6.32. The van der Waals surface area contributed by atoms with Gasteiger partial charge in [-0.3, -0.25) is 14.9 Å². The fourth-order valence-electron chi connectivity index (χ4n) is 2.17. The first-order chi connectivity index (χ1) is 11.9. The molecular formula is C15H11N3O6S. The molecule has 3 aromatic rings. The predicted molar refractivity (Wildman–Crippen MR) is 87.4 cm³/mol. The van der Waals surface area contributed by atoms with Crippen LogP contribution < -0.4 is 4.80 Å². The van der Waals surface area contributed by atoms with Crippen molar-refractivity contribution in [3.05, 3.63) is 56.6 Å². The van der Waals surface area contributed by atoms with E-state index in [0.717, 1.165) is 16.3 Å². The highest BCUT2D eigenvalue weighted by atomic mass is 32.1. The van der Waals surface area contributed by atoms with Crippen LogP contribution in [0.5, 0.6) is 0 Å². The molecule has 0 saturated carbocycles. The van der Waals surface area contributed by atoms with E-state index in [1.807, 2.05) is 0 Å². The Morgan fingerprint density at radius 3 is 2.72 bits per heavy atom. The predicted octanol–water partition coefficient (Wildman–Crippen LogP) is 2.27. The van der Waals surface area contributed by atoms with Crippen molar-refractivity contribution in [1.29, 1.82) is 0 Å². The number of fused-ring (bicyclic) bond motifs is 1. The molecule has 2 aromatic heterocycles. The molecule has 0 saturated heterocycles. The lowest BCUT2D eigenvalue weighted by molar-refractivity contribution is -0.402. The van der Waals surface area contributed by atoms with E-state index in [-0.39, 0.29) is 5.76 Å². The zero-order valence-corrected chi connectivity index (χ0v) is 13.9. The van der Waals surface area contributed by atoms with Crippen LogP contribution in [0.25, 0.3) is 10.2 Å². The van der Waals surface area contributed by atoms with Gasteiger partial charge in [-0.25, -0.2) is 4.79 Å². The van der Waals surface area contributed by atoms with Gasteiger partial charge in [0.25, 0.3) is 0 Å². The van der Waals surface area contributed by atoms with Crippen LogP contribution in [0.1, 0.15) is 20.9 Å². The molecule has 9 nitrogen and oxygen atoms in total. The molecule has 0 N–H and O–H groups in total. The molecule has 0 spiro atoms. The van der Waals surface area contributed by atoms with E-state index in [1.165, 1.54) is 24.5 Å². The standard InChI is InChI=1S/C15H11N3O6S/c1-17-9-4-3-8(14(20)23-2)7-11(9)25-15(17)16-13(19)10-5-6-12(24-10)18(21)22/h3-7H,1-2H3. The van der Waals surface area contributed by atoms with Crippen LogP contribution in [-0.2, 0) is 11.8 Å². The molecule has 3 rings (SSSR count). The summed E-state index contributed by atoms with van der Waals surface area (Å²) in [5.74, 6) is -1.94. The first-order valence-electron chi connectivity index (χ1n) is 6.92. The number of nitrogens with zero attached hydrogens (tertiary/aromatic N) is 3. The van der Waals surface area contributed by atoms with Gasteiger partial charge in [-0.1, -0.05) is 11.3 Å². The van der Waals surface area contributed by atoms with E-state index in [1.54, 1.807) is 29.8 Å². The average molecular weight is 361 g/mol. The Hall–Kier alpha value is -3.27. The van der Waals surface area contributed by atoms with Gasteiger partial charge < -0.3 is 13.7 Å². The SMILES string of the molecule is COC(=O)c1ccc2c(c1)sc(=NC(=O)c1ccc([N+](=O)[O-])o1)n2C. The van der Waals surface area contributed by atoms with E-state index in [2.05, 4.69) is 9.73 Å². The smallest absolute Gasteiger partial charge is 0.433 e. The summed E-state index contributed by atoms with van der Waals surface area (Å²) in [6, 6.07) is 7.28. The minimum atomic E-state index is -0.733. The minimum absolute atomic E-state index is 0.223. The van der Waals surface area contributed by atoms with Gasteiger partial charge in [0.2, 0.25) is 5.76 Å². The Kier molecular flexibility index (Phi) is 4.19. The van der Waals surface area contributed by atoms with Gasteiger partial charge >= 0.3 is 17.8 Å². The number of carbonyl (C=O) groups excluding carboxylic acids is 2. The maximum Gasteiger partial charge on any atom is 0.433 e. The Bertz CT molecular complexity index is 1070. The number of esters is 1. The van der Waals surface area contributed by atoms with Crippen LogP contribution in [0.15, 0.2) is 39.7 Å². The second-order valence-electron chi connectivity index (χ2n) is 4.93. The fraction of sp³-hybridized carbons (Fsp3) is 0.133. The van der Waals surface area contributed by atoms with Crippen molar-refractivity contribution in [2.75, 3.05) is 7.11 Å². The normalized spacial score (nSPS) is 11.7. The van der Waals surface area contributed by atoms with Crippen LogP contribution in [0.2, 0.25) is 0 Å². The number of amides is 1. The Labute approximate surface area is 143 Å². The monoisotopic (exact) mass is 361 g/mol. The number of hydrogen-bond donors (Lipinski definition) is 0. The van der Waals surface area contributed by atoms with Crippen LogP contribution in [0, 0.1) is 10.1 Å². The summed E-state index contributed by atoms with van der Waals surface area (Å²) in [6.45, 7) is 0. The lowest BCUT2D eigenvalue weighted by Gasteiger charge is -1.99. The lowest BCUT2D eigenvalue weighted by atomic mass is 10.2. The highest BCUT2D eigenvalue weighted by molar-refractivity contribution is 7.16. The molecule has 2 heterocycles. The summed E-state index contributed by atoms with van der Waals surface area (Å²) in [4.78, 5) is 37.9. The molecule has 128 valence electrons. The first-order valence-corrected chi connectivity index (χ1v) is 7.73. The van der Waals surface area contributed by atoms with Crippen molar-refractivity contribution in [1.82, 2.24) is 4.57 Å². The van der Waals surface area contributed by atoms with E-state index in [9.17, 15) is 19.7 Å². The fourth-order valence-corrected chi connectivity index (χ4v) is 3.22. The van der Waals surface area contributed by atoms with E-state index >= 15 is 0 Å². The van der Waals surface area contributed by atoms with Crippen molar-refractivity contribution in [3.63, 3.8) is 0 Å². The lowest BCUT2D eigenvalue weighted by Crippen LogP contribution is -2.13. The Balaban J connectivity index is 2.03. The van der Waals surface area contributed by atoms with E-state index in [0.29, 0.717) is 10.4 Å². The molecule has 0 aliphatic rings. The maximum absolute atomic E-state index is 12.1. The molecule has 0 aliphatic heterocycles. The number of aromatic nitrogens is 1. The summed E-state index contributed by atoms with van der Waals surface area (Å²) >= 11 is 1.19. The Morgan fingerprint density at radius 1 is 1.32 bits per heavy atom. The number of thiazole rings is 1. The first kappa shape index (κ1) is 16.6. The highest BCUT2D eigenvalue weighted by Gasteiger charge is 2.17. The van der Waals surface area contributed by atoms with Crippen molar-refractivity contribution < 1.29 is 23.7 Å². The van der Waals surface area contributed by atoms with Crippen molar-refractivity contribution in [2.45, 2.75) is 0 Å². The summed E-state index contributed by atoms with van der Waals surface area (Å²) in [5.41, 5.74) is 1.16. The van der Waals surface area contributed by atoms with Gasteiger partial charge in [-0.15, -0.1) is 0 Å². The third kappa shape index (κ3) is 3.06. The highest BCUT2D eigenvalue weighted by Crippen LogP contribution is 2.20. The summed E-state index contributed by atoms with van der Waals surface area (Å²) in [5, 5.41) is 10.6. The third-order valence-electron chi connectivity index (χ3n) is 3.41. The molecule has 0 bridgehead atoms. The molecular weight excluding hydrogens is 350 g/mol. The molecule has 0 atom stereocenters. The molecule has 10 heteroatoms. The van der Waals surface area contributed by atoms with Crippen molar-refractivity contribution >= 4 is 39.3 Å². The van der Waals surface area contributed by atoms with Crippen molar-refractivity contribution in [2.24, 2.45) is 12.0 Å². The third-order valence-corrected chi connectivity index (χ3v) is 4.50. The number of benzene rings is 1. The summed E-state index contributed by atoms with van der Waals surface area (Å²) in [7, 11) is 3.01. The molecule has 0 fully saturated rings. The van der Waals surface area contributed by atoms with Gasteiger partial charge in [0.05, 0.1) is 29.0 Å². The van der Waals surface area contributed by atoms with Gasteiger partial charge in [0.15, 0.2) is 4.80 Å². The number of methoxy groups -OCH3 is 1. The van der Waals surface area contributed by atoms with E-state index < -0.39 is 22.7 Å². The topological polar surface area (TPSA) is 117 Å². The maximum atomic E-state index is 12.1. The minimum Gasteiger partial charge on any atom is -0.465 e. The van der Waals surface area contributed by atoms with E-state index in [4.69, 9.17) is 4.42 Å². The number of ether oxygens (including phenoxy) is 1. The van der Waals surface area contributed by atoms with Crippen LogP contribution in [0.4, 0.5) is 5.88 Å². The second-order valence-corrected chi connectivity index (χ2v) is 5.94. The van der Waals surface area contributed by atoms with Crippen LogP contribution >= 0.6 is 11.3 Å². The number of nitro groups is 1. The quantitative estimate of drug-likeness (QED) is 0.401. The molecule has 25 heavy (non-hydrogen) atoms.